The predicted molar refractivity (Wildman–Crippen MR) is 138 cm³/mol. The quantitative estimate of drug-likeness (QED) is 0.280. The van der Waals surface area contributed by atoms with E-state index in [1.807, 2.05) is 60.7 Å². The van der Waals surface area contributed by atoms with E-state index in [0.29, 0.717) is 22.3 Å². The van der Waals surface area contributed by atoms with Crippen LogP contribution in [0.15, 0.2) is 60.6 Å². The zero-order chi connectivity index (χ0) is 25.5. The number of hydrogen-bond donors (Lipinski definition) is 2. The number of halogens is 2. The lowest BCUT2D eigenvalue weighted by Gasteiger charge is -2.13. The van der Waals surface area contributed by atoms with Gasteiger partial charge in [-0.15, -0.1) is 0 Å². The summed E-state index contributed by atoms with van der Waals surface area (Å²) in [4.78, 5) is 16.0. The number of hydrogen-bond acceptors (Lipinski definition) is 3. The highest BCUT2D eigenvalue weighted by molar-refractivity contribution is 5.78. The molecule has 1 aromatic carbocycles. The van der Waals surface area contributed by atoms with Gasteiger partial charge in [0.1, 0.15) is 11.6 Å². The molecule has 0 saturated heterocycles. The molecule has 2 aliphatic rings. The van der Waals surface area contributed by atoms with E-state index in [1.165, 1.54) is 12.1 Å². The molecule has 3 aromatic heterocycles. The number of nitrogens with one attached hydrogen (secondary N) is 2. The van der Waals surface area contributed by atoms with Crippen molar-refractivity contribution in [3.8, 4) is 0 Å². The number of ether oxygens (including phenoxy) is 1. The average Bonchev–Trinajstić information content (AvgIpc) is 3.64. The zero-order valence-electron chi connectivity index (χ0n) is 20.3. The van der Waals surface area contributed by atoms with Crippen LogP contribution in [0.2, 0.25) is 0 Å². The molecule has 8 bridgehead atoms. The molecule has 6 rings (SSSR count). The highest BCUT2D eigenvalue weighted by atomic mass is 19.1. The molecule has 5 nitrogen and oxygen atoms in total. The maximum atomic E-state index is 14.1. The van der Waals surface area contributed by atoms with Gasteiger partial charge in [-0.25, -0.2) is 18.7 Å². The van der Waals surface area contributed by atoms with Gasteiger partial charge in [0, 0.05) is 39.3 Å². The normalized spacial score (nSPS) is 13.7. The Bertz CT molecular complexity index is 1750. The summed E-state index contributed by atoms with van der Waals surface area (Å²) in [6.45, 7) is 1.74. The van der Waals surface area contributed by atoms with Crippen LogP contribution in [0.5, 0.6) is 0 Å². The standard InChI is InChI=1S/C29H22F2N4O/c1-17(36-16-18-2-3-19(30)10-28(18)31)27-14-26-13-24-7-6-22(33-24)11-20-4-5-21(32-20)12-23-8-9-25(34-23)15-29(27)35-26/h2-15,17,32,35H,16H2,1H3/i14D. The highest BCUT2D eigenvalue weighted by Crippen LogP contribution is 2.27. The first-order chi connectivity index (χ1) is 17.9. The Morgan fingerprint density at radius 1 is 0.806 bits per heavy atom. The Kier molecular flexibility index (Phi) is 5.25. The first-order valence-electron chi connectivity index (χ1n) is 12.0. The van der Waals surface area contributed by atoms with Crippen LogP contribution in [0.4, 0.5) is 8.78 Å². The van der Waals surface area contributed by atoms with Crippen molar-refractivity contribution in [3.63, 3.8) is 0 Å². The lowest BCUT2D eigenvalue weighted by molar-refractivity contribution is 0.0518. The number of aromatic nitrogens is 4. The molecule has 0 amide bonds. The molecule has 7 heteroatoms. The number of fused-ring (bicyclic) bond motifs is 8. The van der Waals surface area contributed by atoms with Crippen LogP contribution >= 0.6 is 0 Å². The maximum Gasteiger partial charge on any atom is 0.131 e. The monoisotopic (exact) mass is 481 g/mol. The third kappa shape index (κ3) is 4.61. The summed E-state index contributed by atoms with van der Waals surface area (Å²) in [7, 11) is 0. The average molecular weight is 482 g/mol. The molecule has 0 aliphatic carbocycles. The largest absolute Gasteiger partial charge is 0.369 e. The van der Waals surface area contributed by atoms with E-state index in [-0.39, 0.29) is 18.2 Å². The maximum absolute atomic E-state index is 14.1. The van der Waals surface area contributed by atoms with Crippen molar-refractivity contribution in [2.24, 2.45) is 0 Å². The highest BCUT2D eigenvalue weighted by Gasteiger charge is 2.14. The molecule has 4 aromatic rings. The molecule has 2 aliphatic heterocycles. The van der Waals surface area contributed by atoms with E-state index >= 15 is 0 Å². The molecule has 0 fully saturated rings. The number of rotatable bonds is 4. The molecule has 5 heterocycles. The van der Waals surface area contributed by atoms with Crippen molar-refractivity contribution in [1.29, 1.82) is 0 Å². The lowest BCUT2D eigenvalue weighted by atomic mass is 10.1. The van der Waals surface area contributed by atoms with E-state index in [0.717, 1.165) is 34.2 Å². The van der Waals surface area contributed by atoms with Crippen LogP contribution in [0.1, 0.15) is 48.3 Å². The Morgan fingerprint density at radius 3 is 2.06 bits per heavy atom. The molecule has 0 radical (unpaired) electrons. The number of nitrogens with zero attached hydrogens (tertiary/aromatic N) is 2. The summed E-state index contributed by atoms with van der Waals surface area (Å²) < 4.78 is 42.3. The fourth-order valence-corrected chi connectivity index (χ4v) is 4.22. The van der Waals surface area contributed by atoms with Gasteiger partial charge < -0.3 is 14.7 Å². The molecule has 36 heavy (non-hydrogen) atoms. The summed E-state index contributed by atoms with van der Waals surface area (Å²) in [5.74, 6) is -1.31. The summed E-state index contributed by atoms with van der Waals surface area (Å²) >= 11 is 0. The molecule has 2 N–H and O–H groups in total. The Hall–Kier alpha value is -4.36. The van der Waals surface area contributed by atoms with Crippen LogP contribution in [-0.4, -0.2) is 19.9 Å². The molecule has 0 saturated carbocycles. The second kappa shape index (κ2) is 9.02. The summed E-state index contributed by atoms with van der Waals surface area (Å²) in [5, 5.41) is 0. The second-order valence-electron chi connectivity index (χ2n) is 8.72. The molecular weight excluding hydrogens is 458 g/mol. The minimum atomic E-state index is -0.667. The van der Waals surface area contributed by atoms with Crippen molar-refractivity contribution in [3.05, 3.63) is 106 Å². The van der Waals surface area contributed by atoms with Crippen LogP contribution in [0.3, 0.4) is 0 Å². The molecule has 1 unspecified atom stereocenters. The molecular formula is C29H22F2N4O. The van der Waals surface area contributed by atoms with E-state index in [9.17, 15) is 8.78 Å². The Morgan fingerprint density at radius 2 is 1.42 bits per heavy atom. The molecule has 178 valence electrons. The van der Waals surface area contributed by atoms with Crippen molar-refractivity contribution in [2.75, 3.05) is 0 Å². The van der Waals surface area contributed by atoms with Gasteiger partial charge in [-0.2, -0.15) is 0 Å². The van der Waals surface area contributed by atoms with Gasteiger partial charge in [0.2, 0.25) is 0 Å². The van der Waals surface area contributed by atoms with Gasteiger partial charge in [-0.05, 0) is 79.7 Å². The van der Waals surface area contributed by atoms with Crippen LogP contribution in [0, 0.1) is 11.6 Å². The molecule has 1 atom stereocenters. The fourth-order valence-electron chi connectivity index (χ4n) is 4.22. The SMILES string of the molecule is [2H]c1c(C(C)OCc2ccc(F)cc2F)c2cc3nc(cc4ccc(cc5nc(cc1[nH]2)C=C5)[nH]4)C=C3. The van der Waals surface area contributed by atoms with E-state index in [2.05, 4.69) is 15.0 Å². The molecule has 0 spiro atoms. The van der Waals surface area contributed by atoms with Crippen LogP contribution < -0.4 is 0 Å². The van der Waals surface area contributed by atoms with Crippen molar-refractivity contribution in [1.82, 2.24) is 19.9 Å². The second-order valence-corrected chi connectivity index (χ2v) is 8.72. The Labute approximate surface area is 207 Å². The smallest absolute Gasteiger partial charge is 0.131 e. The third-order valence-corrected chi connectivity index (χ3v) is 6.03. The first-order valence-corrected chi connectivity index (χ1v) is 11.5. The number of H-pyrrole nitrogens is 2. The van der Waals surface area contributed by atoms with Crippen LogP contribution in [-0.2, 0) is 11.3 Å². The van der Waals surface area contributed by atoms with E-state index in [1.54, 1.807) is 6.92 Å². The van der Waals surface area contributed by atoms with Crippen molar-refractivity contribution >= 4 is 46.4 Å². The van der Waals surface area contributed by atoms with Gasteiger partial charge in [0.15, 0.2) is 0 Å². The first kappa shape index (κ1) is 21.0. The fraction of sp³-hybridized carbons (Fsp3) is 0.103. The van der Waals surface area contributed by atoms with Gasteiger partial charge in [0.05, 0.1) is 36.9 Å². The Balaban J connectivity index is 1.49. The summed E-state index contributed by atoms with van der Waals surface area (Å²) in [6, 6.07) is 15.2. The topological polar surface area (TPSA) is 66.6 Å². The van der Waals surface area contributed by atoms with Gasteiger partial charge in [0.25, 0.3) is 0 Å². The van der Waals surface area contributed by atoms with Crippen LogP contribution in [0.25, 0.3) is 46.4 Å². The number of benzene rings is 1. The van der Waals surface area contributed by atoms with Crippen molar-refractivity contribution in [2.45, 2.75) is 19.6 Å². The lowest BCUT2D eigenvalue weighted by Crippen LogP contribution is -2.02. The third-order valence-electron chi connectivity index (χ3n) is 6.03. The van der Waals surface area contributed by atoms with Gasteiger partial charge >= 0.3 is 0 Å². The minimum absolute atomic E-state index is 0.0638. The van der Waals surface area contributed by atoms with Crippen molar-refractivity contribution < 1.29 is 14.9 Å². The van der Waals surface area contributed by atoms with E-state index < -0.39 is 17.7 Å². The van der Waals surface area contributed by atoms with Gasteiger partial charge in [-0.1, -0.05) is 6.07 Å². The zero-order valence-corrected chi connectivity index (χ0v) is 19.3. The van der Waals surface area contributed by atoms with E-state index in [4.69, 9.17) is 11.1 Å². The minimum Gasteiger partial charge on any atom is -0.369 e. The number of aromatic amines is 2. The summed E-state index contributed by atoms with van der Waals surface area (Å²) in [5.41, 5.74) is 6.96. The predicted octanol–water partition coefficient (Wildman–Crippen LogP) is 7.21. The summed E-state index contributed by atoms with van der Waals surface area (Å²) in [6.07, 6.45) is 7.08. The van der Waals surface area contributed by atoms with Gasteiger partial charge in [-0.3, -0.25) is 0 Å².